The molecule has 0 amide bonds. The summed E-state index contributed by atoms with van der Waals surface area (Å²) >= 11 is 0. The van der Waals surface area contributed by atoms with E-state index in [-0.39, 0.29) is 5.41 Å². The Morgan fingerprint density at radius 3 is 2.34 bits per heavy atom. The van der Waals surface area contributed by atoms with Gasteiger partial charge in [-0.2, -0.15) is 5.26 Å². The minimum Gasteiger partial charge on any atom is -0.454 e. The lowest BCUT2D eigenvalue weighted by Crippen LogP contribution is -2.31. The Kier molecular flexibility index (Phi) is 5.58. The SMILES string of the molecule is Cc1ccc2c(oc3c(C#N)c(-c4ccc5ccccc5c4)ccc32)c1-c1cc(CC(C)(C)C)cc[n+]1C. The third kappa shape index (κ3) is 4.03. The minimum absolute atomic E-state index is 0.193. The second-order valence-electron chi connectivity index (χ2n) is 11.5. The third-order valence-electron chi connectivity index (χ3n) is 7.40. The number of benzene rings is 4. The van der Waals surface area contributed by atoms with Gasteiger partial charge in [-0.1, -0.05) is 75.4 Å². The predicted molar refractivity (Wildman–Crippen MR) is 156 cm³/mol. The molecule has 0 aliphatic rings. The van der Waals surface area contributed by atoms with Gasteiger partial charge in [0.05, 0.1) is 5.56 Å². The van der Waals surface area contributed by atoms with Gasteiger partial charge in [-0.15, -0.1) is 0 Å². The smallest absolute Gasteiger partial charge is 0.216 e. The van der Waals surface area contributed by atoms with Crippen LogP contribution in [0, 0.1) is 23.7 Å². The van der Waals surface area contributed by atoms with Crippen molar-refractivity contribution in [1.82, 2.24) is 0 Å². The average molecular weight is 496 g/mol. The summed E-state index contributed by atoms with van der Waals surface area (Å²) < 4.78 is 8.81. The highest BCUT2D eigenvalue weighted by Crippen LogP contribution is 2.41. The number of hydrogen-bond acceptors (Lipinski definition) is 2. The molecule has 38 heavy (non-hydrogen) atoms. The summed E-state index contributed by atoms with van der Waals surface area (Å²) in [6, 6.07) is 30.0. The van der Waals surface area contributed by atoms with Crippen LogP contribution in [0.1, 0.15) is 37.5 Å². The molecule has 0 atom stereocenters. The van der Waals surface area contributed by atoms with Gasteiger partial charge in [0.15, 0.2) is 11.8 Å². The number of fused-ring (bicyclic) bond motifs is 4. The Morgan fingerprint density at radius 1 is 0.842 bits per heavy atom. The van der Waals surface area contributed by atoms with Crippen molar-refractivity contribution in [2.45, 2.75) is 34.1 Å². The summed E-state index contributed by atoms with van der Waals surface area (Å²) in [5, 5.41) is 14.7. The predicted octanol–water partition coefficient (Wildman–Crippen LogP) is 8.67. The fraction of sp³-hybridized carbons (Fsp3) is 0.200. The molecule has 0 spiro atoms. The van der Waals surface area contributed by atoms with E-state index in [4.69, 9.17) is 4.42 Å². The van der Waals surface area contributed by atoms with Crippen LogP contribution in [-0.2, 0) is 13.5 Å². The fourth-order valence-electron chi connectivity index (χ4n) is 5.61. The number of aromatic nitrogens is 1. The lowest BCUT2D eigenvalue weighted by Gasteiger charge is -2.18. The molecule has 0 radical (unpaired) electrons. The molecule has 2 heterocycles. The van der Waals surface area contributed by atoms with Crippen LogP contribution in [-0.4, -0.2) is 0 Å². The molecule has 186 valence electrons. The van der Waals surface area contributed by atoms with Crippen LogP contribution in [0.5, 0.6) is 0 Å². The number of hydrogen-bond donors (Lipinski definition) is 0. The first-order chi connectivity index (χ1) is 18.2. The normalized spacial score (nSPS) is 11.9. The lowest BCUT2D eigenvalue weighted by atomic mass is 9.87. The van der Waals surface area contributed by atoms with Crippen LogP contribution in [0.15, 0.2) is 89.5 Å². The summed E-state index contributed by atoms with van der Waals surface area (Å²) in [6.07, 6.45) is 3.12. The summed E-state index contributed by atoms with van der Waals surface area (Å²) in [6.45, 7) is 8.93. The second kappa shape index (κ2) is 8.85. The quantitative estimate of drug-likeness (QED) is 0.230. The van der Waals surface area contributed by atoms with Gasteiger partial charge in [-0.25, -0.2) is 4.57 Å². The molecule has 2 aromatic heterocycles. The Labute approximate surface area is 223 Å². The molecule has 3 heteroatoms. The number of rotatable bonds is 3. The molecule has 0 fully saturated rings. The Balaban J connectivity index is 1.59. The van der Waals surface area contributed by atoms with E-state index in [1.807, 2.05) is 12.1 Å². The van der Waals surface area contributed by atoms with E-state index in [1.54, 1.807) is 0 Å². The van der Waals surface area contributed by atoms with Crippen LogP contribution >= 0.6 is 0 Å². The van der Waals surface area contributed by atoms with Crippen molar-refractivity contribution in [1.29, 1.82) is 5.26 Å². The maximum absolute atomic E-state index is 10.3. The maximum atomic E-state index is 10.3. The van der Waals surface area contributed by atoms with E-state index in [2.05, 4.69) is 118 Å². The number of pyridine rings is 1. The van der Waals surface area contributed by atoms with E-state index in [9.17, 15) is 5.26 Å². The van der Waals surface area contributed by atoms with Gasteiger partial charge in [0.25, 0.3) is 0 Å². The lowest BCUT2D eigenvalue weighted by molar-refractivity contribution is -0.660. The maximum Gasteiger partial charge on any atom is 0.216 e. The molecule has 6 aromatic rings. The minimum atomic E-state index is 0.193. The van der Waals surface area contributed by atoms with Gasteiger partial charge in [0, 0.05) is 28.5 Å². The molecular weight excluding hydrogens is 464 g/mol. The summed E-state index contributed by atoms with van der Waals surface area (Å²) in [5.74, 6) is 0. The van der Waals surface area contributed by atoms with Gasteiger partial charge in [0.1, 0.15) is 24.3 Å². The number of aryl methyl sites for hydroxylation is 2. The zero-order valence-electron chi connectivity index (χ0n) is 22.6. The van der Waals surface area contributed by atoms with Gasteiger partial charge >= 0.3 is 0 Å². The van der Waals surface area contributed by atoms with E-state index < -0.39 is 0 Å². The van der Waals surface area contributed by atoms with Crippen LogP contribution < -0.4 is 4.57 Å². The third-order valence-corrected chi connectivity index (χ3v) is 7.40. The van der Waals surface area contributed by atoms with Crippen molar-refractivity contribution in [3.8, 4) is 28.5 Å². The van der Waals surface area contributed by atoms with Gasteiger partial charge in [-0.05, 0) is 58.4 Å². The summed E-state index contributed by atoms with van der Waals surface area (Å²) in [5.41, 5.74) is 8.78. The van der Waals surface area contributed by atoms with Gasteiger partial charge < -0.3 is 4.42 Å². The number of furan rings is 1. The molecule has 0 aliphatic heterocycles. The van der Waals surface area contributed by atoms with Crippen molar-refractivity contribution in [2.24, 2.45) is 12.5 Å². The molecule has 4 aromatic carbocycles. The van der Waals surface area contributed by atoms with E-state index in [1.165, 1.54) is 10.9 Å². The van der Waals surface area contributed by atoms with Crippen molar-refractivity contribution < 1.29 is 8.98 Å². The van der Waals surface area contributed by atoms with E-state index in [0.29, 0.717) is 11.1 Å². The highest BCUT2D eigenvalue weighted by atomic mass is 16.3. The van der Waals surface area contributed by atoms with Crippen LogP contribution in [0.4, 0.5) is 0 Å². The fourth-order valence-corrected chi connectivity index (χ4v) is 5.61. The van der Waals surface area contributed by atoms with E-state index >= 15 is 0 Å². The molecule has 0 bridgehead atoms. The van der Waals surface area contributed by atoms with Gasteiger partial charge in [0.2, 0.25) is 5.69 Å². The Morgan fingerprint density at radius 2 is 1.58 bits per heavy atom. The van der Waals surface area contributed by atoms with Crippen LogP contribution in [0.25, 0.3) is 55.1 Å². The average Bonchev–Trinajstić information content (AvgIpc) is 3.27. The molecule has 0 saturated heterocycles. The molecular formula is C35H31N2O+. The summed E-state index contributed by atoms with van der Waals surface area (Å²) in [4.78, 5) is 0. The topological polar surface area (TPSA) is 40.8 Å². The number of nitriles is 1. The van der Waals surface area contributed by atoms with Gasteiger partial charge in [-0.3, -0.25) is 0 Å². The van der Waals surface area contributed by atoms with Crippen molar-refractivity contribution in [2.75, 3.05) is 0 Å². The summed E-state index contributed by atoms with van der Waals surface area (Å²) in [7, 11) is 2.08. The molecule has 0 N–H and O–H groups in total. The molecule has 0 saturated carbocycles. The van der Waals surface area contributed by atoms with E-state index in [0.717, 1.165) is 56.1 Å². The monoisotopic (exact) mass is 495 g/mol. The molecule has 0 unspecified atom stereocenters. The van der Waals surface area contributed by atoms with Crippen molar-refractivity contribution in [3.05, 3.63) is 102 Å². The van der Waals surface area contributed by atoms with Crippen LogP contribution in [0.3, 0.4) is 0 Å². The highest BCUT2D eigenvalue weighted by molar-refractivity contribution is 6.12. The first kappa shape index (κ1) is 23.9. The zero-order chi connectivity index (χ0) is 26.6. The molecule has 0 aliphatic carbocycles. The standard InChI is InChI=1S/C35H31N2O/c1-22-10-13-29-28-15-14-27(26-12-11-24-8-6-7-9-25(24)19-26)30(21-36)33(28)38-34(29)32(22)31-18-23(16-17-37(31)5)20-35(2,3)4/h6-19H,20H2,1-5H3/q+1. The highest BCUT2D eigenvalue weighted by Gasteiger charge is 2.24. The number of nitrogens with zero attached hydrogens (tertiary/aromatic N) is 2. The van der Waals surface area contributed by atoms with Crippen molar-refractivity contribution in [3.63, 3.8) is 0 Å². The van der Waals surface area contributed by atoms with Crippen LogP contribution in [0.2, 0.25) is 0 Å². The largest absolute Gasteiger partial charge is 0.454 e. The Hall–Kier alpha value is -4.42. The zero-order valence-corrected chi connectivity index (χ0v) is 22.6. The first-order valence-electron chi connectivity index (χ1n) is 13.1. The Bertz CT molecular complexity index is 1910. The first-order valence-corrected chi connectivity index (χ1v) is 13.1. The molecule has 3 nitrogen and oxygen atoms in total. The molecule has 6 rings (SSSR count). The van der Waals surface area contributed by atoms with Crippen molar-refractivity contribution >= 4 is 32.7 Å². The second-order valence-corrected chi connectivity index (χ2v) is 11.5.